The lowest BCUT2D eigenvalue weighted by Gasteiger charge is -2.13. The fourth-order valence-electron chi connectivity index (χ4n) is 2.79. The molecule has 0 aliphatic carbocycles. The van der Waals surface area contributed by atoms with Gasteiger partial charge >= 0.3 is 0 Å². The molecule has 22 heavy (non-hydrogen) atoms. The van der Waals surface area contributed by atoms with Crippen molar-refractivity contribution in [3.05, 3.63) is 57.3 Å². The molecule has 0 spiro atoms. The second-order valence-electron chi connectivity index (χ2n) is 5.14. The molecular weight excluding hydrogens is 346 g/mol. The Labute approximate surface area is 135 Å². The summed E-state index contributed by atoms with van der Waals surface area (Å²) in [6.07, 6.45) is 0. The predicted molar refractivity (Wildman–Crippen MR) is 88.4 cm³/mol. The van der Waals surface area contributed by atoms with Gasteiger partial charge in [-0.25, -0.2) is 0 Å². The highest BCUT2D eigenvalue weighted by atomic mass is 79.9. The van der Waals surface area contributed by atoms with Crippen LogP contribution in [0.5, 0.6) is 11.5 Å². The number of benzene rings is 2. The first-order valence-corrected chi connectivity index (χ1v) is 7.63. The molecule has 1 aromatic heterocycles. The molecule has 1 aliphatic rings. The monoisotopic (exact) mass is 357 g/mol. The van der Waals surface area contributed by atoms with Crippen LogP contribution in [-0.4, -0.2) is 11.4 Å². The first-order valence-electron chi connectivity index (χ1n) is 6.84. The normalized spacial score (nSPS) is 12.8. The minimum atomic E-state index is -0.0635. The maximum absolute atomic E-state index is 12.5. The topological polar surface area (TPSA) is 40.5 Å². The van der Waals surface area contributed by atoms with Gasteiger partial charge in [-0.3, -0.25) is 4.79 Å². The van der Waals surface area contributed by atoms with Crippen LogP contribution in [0.3, 0.4) is 0 Å². The molecule has 0 radical (unpaired) electrons. The Kier molecular flexibility index (Phi) is 2.97. The van der Waals surface area contributed by atoms with Crippen molar-refractivity contribution in [2.24, 2.45) is 7.05 Å². The highest BCUT2D eigenvalue weighted by molar-refractivity contribution is 9.10. The molecule has 4 rings (SSSR count). The van der Waals surface area contributed by atoms with Crippen molar-refractivity contribution in [1.29, 1.82) is 0 Å². The molecule has 4 nitrogen and oxygen atoms in total. The molecule has 0 bridgehead atoms. The Balaban J connectivity index is 2.09. The van der Waals surface area contributed by atoms with Gasteiger partial charge in [0.25, 0.3) is 5.56 Å². The van der Waals surface area contributed by atoms with E-state index >= 15 is 0 Å². The van der Waals surface area contributed by atoms with Crippen molar-refractivity contribution in [2.45, 2.75) is 0 Å². The average molecular weight is 358 g/mol. The Morgan fingerprint density at radius 1 is 1.09 bits per heavy atom. The summed E-state index contributed by atoms with van der Waals surface area (Å²) < 4.78 is 13.0. The Morgan fingerprint density at radius 2 is 1.86 bits per heavy atom. The van der Waals surface area contributed by atoms with Crippen molar-refractivity contribution in [3.63, 3.8) is 0 Å². The van der Waals surface area contributed by atoms with Gasteiger partial charge in [-0.2, -0.15) is 0 Å². The Morgan fingerprint density at radius 3 is 2.73 bits per heavy atom. The number of pyridine rings is 1. The molecule has 3 aromatic rings. The van der Waals surface area contributed by atoms with E-state index in [0.717, 1.165) is 27.8 Å². The number of fused-ring (bicyclic) bond motifs is 2. The summed E-state index contributed by atoms with van der Waals surface area (Å²) in [5, 5.41) is 1.01. The molecule has 0 atom stereocenters. The van der Waals surface area contributed by atoms with E-state index in [-0.39, 0.29) is 12.4 Å². The number of aryl methyl sites for hydroxylation is 1. The van der Waals surface area contributed by atoms with Crippen molar-refractivity contribution in [2.75, 3.05) is 6.79 Å². The molecule has 2 heterocycles. The number of halogens is 1. The average Bonchev–Trinajstić information content (AvgIpc) is 3.01. The Bertz CT molecular complexity index is 962. The van der Waals surface area contributed by atoms with Gasteiger partial charge in [-0.1, -0.05) is 24.3 Å². The third-order valence-corrected chi connectivity index (χ3v) is 4.64. The summed E-state index contributed by atoms with van der Waals surface area (Å²) in [5.74, 6) is 1.43. The number of aromatic nitrogens is 1. The number of hydrogen-bond acceptors (Lipinski definition) is 3. The highest BCUT2D eigenvalue weighted by Crippen LogP contribution is 2.39. The van der Waals surface area contributed by atoms with E-state index in [1.54, 1.807) is 11.6 Å². The standard InChI is InChI=1S/C17H12BrNO3/c1-19-12-5-3-2-4-11(12)15(16(18)17(19)20)10-6-7-13-14(8-10)22-9-21-13/h2-8H,9H2,1H3. The zero-order valence-electron chi connectivity index (χ0n) is 11.8. The van der Waals surface area contributed by atoms with Crippen LogP contribution in [-0.2, 0) is 7.05 Å². The molecular formula is C17H12BrNO3. The van der Waals surface area contributed by atoms with Gasteiger partial charge in [0.05, 0.1) is 9.99 Å². The third-order valence-electron chi connectivity index (χ3n) is 3.91. The number of nitrogens with zero attached hydrogens (tertiary/aromatic N) is 1. The Hall–Kier alpha value is -2.27. The van der Waals surface area contributed by atoms with Crippen molar-refractivity contribution in [3.8, 4) is 22.6 Å². The molecule has 0 N–H and O–H groups in total. The summed E-state index contributed by atoms with van der Waals surface area (Å²) in [6, 6.07) is 13.6. The lowest BCUT2D eigenvalue weighted by Crippen LogP contribution is -2.18. The van der Waals surface area contributed by atoms with E-state index in [2.05, 4.69) is 15.9 Å². The zero-order valence-corrected chi connectivity index (χ0v) is 13.4. The SMILES string of the molecule is Cn1c(=O)c(Br)c(-c2ccc3c(c2)OCO3)c2ccccc21. The quantitative estimate of drug-likeness (QED) is 0.666. The largest absolute Gasteiger partial charge is 0.454 e. The van der Waals surface area contributed by atoms with Crippen LogP contribution in [0.1, 0.15) is 0 Å². The van der Waals surface area contributed by atoms with E-state index in [9.17, 15) is 4.79 Å². The first kappa shape index (κ1) is 13.4. The third kappa shape index (κ3) is 1.85. The molecule has 0 amide bonds. The lowest BCUT2D eigenvalue weighted by atomic mass is 10.0. The minimum Gasteiger partial charge on any atom is -0.454 e. The maximum atomic E-state index is 12.5. The van der Waals surface area contributed by atoms with E-state index in [1.165, 1.54) is 0 Å². The summed E-state index contributed by atoms with van der Waals surface area (Å²) in [7, 11) is 1.78. The smallest absolute Gasteiger partial charge is 0.265 e. The van der Waals surface area contributed by atoms with Gasteiger partial charge in [-0.15, -0.1) is 0 Å². The van der Waals surface area contributed by atoms with Crippen LogP contribution >= 0.6 is 15.9 Å². The molecule has 2 aromatic carbocycles. The fraction of sp³-hybridized carbons (Fsp3) is 0.118. The molecule has 0 unspecified atom stereocenters. The van der Waals surface area contributed by atoms with Crippen molar-refractivity contribution >= 4 is 26.8 Å². The zero-order chi connectivity index (χ0) is 15.3. The summed E-state index contributed by atoms with van der Waals surface area (Å²) in [5.41, 5.74) is 2.62. The van der Waals surface area contributed by atoms with Crippen LogP contribution in [0.15, 0.2) is 51.7 Å². The van der Waals surface area contributed by atoms with E-state index in [0.29, 0.717) is 10.2 Å². The number of para-hydroxylation sites is 1. The van der Waals surface area contributed by atoms with Crippen molar-refractivity contribution < 1.29 is 9.47 Å². The summed E-state index contributed by atoms with van der Waals surface area (Å²) in [6.45, 7) is 0.233. The number of rotatable bonds is 1. The molecule has 1 aliphatic heterocycles. The predicted octanol–water partition coefficient (Wildman–Crippen LogP) is 3.70. The minimum absolute atomic E-state index is 0.0635. The van der Waals surface area contributed by atoms with Crippen LogP contribution in [0.2, 0.25) is 0 Å². The van der Waals surface area contributed by atoms with E-state index in [1.807, 2.05) is 42.5 Å². The van der Waals surface area contributed by atoms with Gasteiger partial charge < -0.3 is 14.0 Å². The van der Waals surface area contributed by atoms with Crippen molar-refractivity contribution in [1.82, 2.24) is 4.57 Å². The van der Waals surface area contributed by atoms with Gasteiger partial charge in [0.15, 0.2) is 11.5 Å². The van der Waals surface area contributed by atoms with Gasteiger partial charge in [0.1, 0.15) is 0 Å². The lowest BCUT2D eigenvalue weighted by molar-refractivity contribution is 0.174. The second-order valence-corrected chi connectivity index (χ2v) is 5.93. The molecule has 0 saturated heterocycles. The van der Waals surface area contributed by atoms with Crippen LogP contribution in [0.25, 0.3) is 22.0 Å². The number of hydrogen-bond donors (Lipinski definition) is 0. The van der Waals surface area contributed by atoms with Crippen LogP contribution < -0.4 is 15.0 Å². The molecule has 110 valence electrons. The summed E-state index contributed by atoms with van der Waals surface area (Å²) in [4.78, 5) is 12.5. The van der Waals surface area contributed by atoms with Gasteiger partial charge in [-0.05, 0) is 39.7 Å². The maximum Gasteiger partial charge on any atom is 0.265 e. The van der Waals surface area contributed by atoms with Crippen LogP contribution in [0.4, 0.5) is 0 Å². The highest BCUT2D eigenvalue weighted by Gasteiger charge is 2.18. The van der Waals surface area contributed by atoms with Crippen LogP contribution in [0, 0.1) is 0 Å². The van der Waals surface area contributed by atoms with E-state index in [4.69, 9.17) is 9.47 Å². The fourth-order valence-corrected chi connectivity index (χ4v) is 3.50. The second kappa shape index (κ2) is 4.88. The summed E-state index contributed by atoms with van der Waals surface area (Å²) >= 11 is 3.46. The number of ether oxygens (including phenoxy) is 2. The molecule has 5 heteroatoms. The van der Waals surface area contributed by atoms with Gasteiger partial charge in [0, 0.05) is 18.0 Å². The van der Waals surface area contributed by atoms with Gasteiger partial charge in [0.2, 0.25) is 6.79 Å². The van der Waals surface area contributed by atoms with E-state index < -0.39 is 0 Å². The molecule has 0 fully saturated rings. The first-order chi connectivity index (χ1) is 10.7. The molecule has 0 saturated carbocycles.